The molecule has 1 aromatic carbocycles. The van der Waals surface area contributed by atoms with E-state index in [1.807, 2.05) is 24.3 Å². The summed E-state index contributed by atoms with van der Waals surface area (Å²) < 4.78 is 5.39. The number of carbonyl (C=O) groups is 1. The van der Waals surface area contributed by atoms with Gasteiger partial charge in [0.15, 0.2) is 10.8 Å². The van der Waals surface area contributed by atoms with Crippen LogP contribution in [0.5, 0.6) is 0 Å². The van der Waals surface area contributed by atoms with Crippen LogP contribution in [0, 0.1) is 0 Å². The summed E-state index contributed by atoms with van der Waals surface area (Å²) in [7, 11) is 0. The van der Waals surface area contributed by atoms with Crippen molar-refractivity contribution in [3.05, 3.63) is 36.2 Å². The predicted octanol–water partition coefficient (Wildman–Crippen LogP) is 2.84. The summed E-state index contributed by atoms with van der Waals surface area (Å²) in [5.74, 6) is -1.09. The van der Waals surface area contributed by atoms with Gasteiger partial charge in [0.25, 0.3) is 0 Å². The van der Waals surface area contributed by atoms with Crippen LogP contribution < -0.4 is 5.73 Å². The summed E-state index contributed by atoms with van der Waals surface area (Å²) in [5, 5.41) is 10.2. The van der Waals surface area contributed by atoms with Gasteiger partial charge in [-0.25, -0.2) is 9.78 Å². The van der Waals surface area contributed by atoms with E-state index in [2.05, 4.69) is 4.98 Å². The second-order valence-corrected chi connectivity index (χ2v) is 4.71. The van der Waals surface area contributed by atoms with Crippen LogP contribution in [0.3, 0.4) is 0 Å². The van der Waals surface area contributed by atoms with Crippen LogP contribution in [-0.2, 0) is 0 Å². The number of aromatic nitrogens is 1. The average molecular weight is 260 g/mol. The van der Waals surface area contributed by atoms with Gasteiger partial charge in [-0.2, -0.15) is 0 Å². The fraction of sp³-hybridized carbons (Fsp3) is 0. The molecule has 0 fully saturated rings. The zero-order valence-corrected chi connectivity index (χ0v) is 9.90. The minimum atomic E-state index is -1.09. The highest BCUT2D eigenvalue weighted by Crippen LogP contribution is 2.37. The molecule has 0 saturated carbocycles. The van der Waals surface area contributed by atoms with E-state index in [9.17, 15) is 4.79 Å². The molecule has 0 saturated heterocycles. The molecule has 0 unspecified atom stereocenters. The highest BCUT2D eigenvalue weighted by Gasteiger charge is 2.20. The Balaban J connectivity index is 2.29. The van der Waals surface area contributed by atoms with Crippen molar-refractivity contribution in [1.29, 1.82) is 0 Å². The topological polar surface area (TPSA) is 89.3 Å². The van der Waals surface area contributed by atoms with E-state index in [1.165, 1.54) is 6.26 Å². The van der Waals surface area contributed by atoms with Crippen molar-refractivity contribution < 1.29 is 14.3 Å². The van der Waals surface area contributed by atoms with Gasteiger partial charge in [0, 0.05) is 10.9 Å². The smallest absolute Gasteiger partial charge is 0.356 e. The lowest BCUT2D eigenvalue weighted by Gasteiger charge is -1.95. The van der Waals surface area contributed by atoms with Gasteiger partial charge >= 0.3 is 5.97 Å². The molecule has 0 atom stereocenters. The Labute approximate surface area is 105 Å². The van der Waals surface area contributed by atoms with Crippen molar-refractivity contribution in [3.63, 3.8) is 0 Å². The quantitative estimate of drug-likeness (QED) is 0.739. The van der Waals surface area contributed by atoms with E-state index in [-0.39, 0.29) is 10.8 Å². The SMILES string of the molecule is Nc1nc(C(=O)O)c(-c2coc3ccccc23)s1. The number of nitrogens with zero attached hydrogens (tertiary/aromatic N) is 1. The minimum Gasteiger partial charge on any atom is -0.476 e. The Kier molecular flexibility index (Phi) is 2.31. The number of thiazole rings is 1. The van der Waals surface area contributed by atoms with Crippen molar-refractivity contribution in [1.82, 2.24) is 4.98 Å². The number of benzene rings is 1. The lowest BCUT2D eigenvalue weighted by molar-refractivity contribution is 0.0692. The first-order chi connectivity index (χ1) is 8.66. The lowest BCUT2D eigenvalue weighted by atomic mass is 10.1. The molecule has 3 N–H and O–H groups in total. The molecule has 0 radical (unpaired) electrons. The van der Waals surface area contributed by atoms with Gasteiger partial charge in [-0.3, -0.25) is 0 Å². The van der Waals surface area contributed by atoms with E-state index in [0.717, 1.165) is 16.7 Å². The standard InChI is InChI=1S/C12H8N2O3S/c13-12-14-9(11(15)16)10(18-12)7-5-17-8-4-2-1-3-6(7)8/h1-5H,(H2,13,14)(H,15,16). The predicted molar refractivity (Wildman–Crippen MR) is 68.7 cm³/mol. The zero-order valence-electron chi connectivity index (χ0n) is 9.08. The summed E-state index contributed by atoms with van der Waals surface area (Å²) in [6, 6.07) is 7.42. The van der Waals surface area contributed by atoms with Crippen LogP contribution >= 0.6 is 11.3 Å². The molecule has 6 heteroatoms. The molecule has 0 aliphatic rings. The van der Waals surface area contributed by atoms with Gasteiger partial charge in [0.2, 0.25) is 0 Å². The largest absolute Gasteiger partial charge is 0.476 e. The van der Waals surface area contributed by atoms with E-state index in [4.69, 9.17) is 15.3 Å². The summed E-state index contributed by atoms with van der Waals surface area (Å²) in [6.45, 7) is 0. The monoisotopic (exact) mass is 260 g/mol. The van der Waals surface area contributed by atoms with Crippen LogP contribution in [0.25, 0.3) is 21.4 Å². The maximum atomic E-state index is 11.1. The highest BCUT2D eigenvalue weighted by molar-refractivity contribution is 7.19. The van der Waals surface area contributed by atoms with Crippen LogP contribution in [0.2, 0.25) is 0 Å². The molecule has 3 rings (SSSR count). The van der Waals surface area contributed by atoms with Crippen molar-refractivity contribution in [3.8, 4) is 10.4 Å². The molecular formula is C12H8N2O3S. The molecular weight excluding hydrogens is 252 g/mol. The fourth-order valence-corrected chi connectivity index (χ4v) is 2.66. The lowest BCUT2D eigenvalue weighted by Crippen LogP contribution is -1.98. The molecule has 0 spiro atoms. The molecule has 90 valence electrons. The van der Waals surface area contributed by atoms with E-state index in [1.54, 1.807) is 0 Å². The van der Waals surface area contributed by atoms with Gasteiger partial charge in [-0.05, 0) is 6.07 Å². The number of fused-ring (bicyclic) bond motifs is 1. The van der Waals surface area contributed by atoms with Crippen molar-refractivity contribution in [2.75, 3.05) is 5.73 Å². The van der Waals surface area contributed by atoms with Crippen molar-refractivity contribution in [2.45, 2.75) is 0 Å². The first kappa shape index (κ1) is 10.8. The maximum absolute atomic E-state index is 11.1. The summed E-state index contributed by atoms with van der Waals surface area (Å²) in [4.78, 5) is 15.5. The van der Waals surface area contributed by atoms with Crippen LogP contribution in [0.1, 0.15) is 10.5 Å². The number of hydrogen-bond donors (Lipinski definition) is 2. The molecule has 5 nitrogen and oxygen atoms in total. The van der Waals surface area contributed by atoms with Gasteiger partial charge in [-0.15, -0.1) is 0 Å². The number of nitrogen functional groups attached to an aromatic ring is 1. The molecule has 0 bridgehead atoms. The molecule has 0 aliphatic carbocycles. The summed E-state index contributed by atoms with van der Waals surface area (Å²) in [6.07, 6.45) is 1.53. The van der Waals surface area contributed by atoms with Crippen molar-refractivity contribution >= 4 is 33.4 Å². The third-order valence-corrected chi connectivity index (χ3v) is 3.49. The Hall–Kier alpha value is -2.34. The summed E-state index contributed by atoms with van der Waals surface area (Å²) in [5.41, 5.74) is 6.95. The zero-order chi connectivity index (χ0) is 12.7. The number of nitrogens with two attached hydrogens (primary N) is 1. The van der Waals surface area contributed by atoms with Gasteiger partial charge < -0.3 is 15.3 Å². The fourth-order valence-electron chi connectivity index (χ4n) is 1.82. The Bertz CT molecular complexity index is 745. The number of carboxylic acids is 1. The highest BCUT2D eigenvalue weighted by atomic mass is 32.1. The number of para-hydroxylation sites is 1. The van der Waals surface area contributed by atoms with Gasteiger partial charge in [0.1, 0.15) is 11.8 Å². The second-order valence-electron chi connectivity index (χ2n) is 3.68. The maximum Gasteiger partial charge on any atom is 0.356 e. The second kappa shape index (κ2) is 3.85. The minimum absolute atomic E-state index is 0.0379. The Morgan fingerprint density at radius 1 is 1.39 bits per heavy atom. The van der Waals surface area contributed by atoms with Gasteiger partial charge in [0.05, 0.1) is 4.88 Å². The van der Waals surface area contributed by atoms with E-state index < -0.39 is 5.97 Å². The average Bonchev–Trinajstić information content (AvgIpc) is 2.92. The van der Waals surface area contributed by atoms with Gasteiger partial charge in [-0.1, -0.05) is 29.5 Å². The number of aromatic carboxylic acids is 1. The molecule has 3 aromatic rings. The number of rotatable bonds is 2. The molecule has 0 amide bonds. The molecule has 18 heavy (non-hydrogen) atoms. The number of hydrogen-bond acceptors (Lipinski definition) is 5. The normalized spacial score (nSPS) is 10.9. The van der Waals surface area contributed by atoms with Crippen LogP contribution in [0.15, 0.2) is 34.9 Å². The number of carboxylic acid groups (broad SMARTS) is 1. The number of furan rings is 1. The molecule has 2 heterocycles. The molecule has 0 aliphatic heterocycles. The first-order valence-corrected chi connectivity index (χ1v) is 5.94. The van der Waals surface area contributed by atoms with Crippen LogP contribution in [0.4, 0.5) is 5.13 Å². The first-order valence-electron chi connectivity index (χ1n) is 5.13. The van der Waals surface area contributed by atoms with E-state index >= 15 is 0 Å². The third kappa shape index (κ3) is 1.54. The summed E-state index contributed by atoms with van der Waals surface area (Å²) >= 11 is 1.14. The number of anilines is 1. The third-order valence-electron chi connectivity index (χ3n) is 2.57. The van der Waals surface area contributed by atoms with E-state index in [0.29, 0.717) is 16.0 Å². The van der Waals surface area contributed by atoms with Crippen LogP contribution in [-0.4, -0.2) is 16.1 Å². The Morgan fingerprint density at radius 3 is 2.94 bits per heavy atom. The molecule has 2 aromatic heterocycles. The van der Waals surface area contributed by atoms with Crippen molar-refractivity contribution in [2.24, 2.45) is 0 Å². The Morgan fingerprint density at radius 2 is 2.17 bits per heavy atom.